The number of esters is 1. The summed E-state index contributed by atoms with van der Waals surface area (Å²) in [5, 5.41) is 3.54. The van der Waals surface area contributed by atoms with Crippen LogP contribution < -0.4 is 5.32 Å². The summed E-state index contributed by atoms with van der Waals surface area (Å²) in [6, 6.07) is 29.1. The van der Waals surface area contributed by atoms with Gasteiger partial charge in [0.25, 0.3) is 5.91 Å². The molecule has 7 nitrogen and oxygen atoms in total. The zero-order valence-corrected chi connectivity index (χ0v) is 24.0. The highest BCUT2D eigenvalue weighted by molar-refractivity contribution is 6.30. The van der Waals surface area contributed by atoms with E-state index in [1.165, 1.54) is 18.2 Å². The van der Waals surface area contributed by atoms with E-state index in [1.807, 2.05) is 28.8 Å². The van der Waals surface area contributed by atoms with Gasteiger partial charge in [-0.2, -0.15) is 0 Å². The van der Waals surface area contributed by atoms with Gasteiger partial charge in [0.15, 0.2) is 0 Å². The minimum Gasteiger partial charge on any atom is -0.469 e. The van der Waals surface area contributed by atoms with Gasteiger partial charge in [0.05, 0.1) is 25.6 Å². The molecular formula is C33H35ClN4O3. The quantitative estimate of drug-likeness (QED) is 0.256. The molecule has 0 saturated carbocycles. The van der Waals surface area contributed by atoms with Gasteiger partial charge in [0, 0.05) is 30.1 Å². The molecule has 4 aromatic rings. The lowest BCUT2D eigenvalue weighted by Gasteiger charge is -2.43. The van der Waals surface area contributed by atoms with Crippen molar-refractivity contribution in [2.45, 2.75) is 37.8 Å². The number of amides is 1. The lowest BCUT2D eigenvalue weighted by Crippen LogP contribution is -2.43. The number of methoxy groups -OCH3 is 1. The first kappa shape index (κ1) is 28.6. The van der Waals surface area contributed by atoms with Crippen LogP contribution in [0.1, 0.15) is 52.1 Å². The van der Waals surface area contributed by atoms with Crippen LogP contribution >= 0.6 is 11.6 Å². The lowest BCUT2D eigenvalue weighted by molar-refractivity contribution is -0.140. The molecule has 1 aromatic heterocycles. The summed E-state index contributed by atoms with van der Waals surface area (Å²) in [5.74, 6) is -0.621. The Morgan fingerprint density at radius 1 is 0.902 bits per heavy atom. The molecule has 0 atom stereocenters. The van der Waals surface area contributed by atoms with Gasteiger partial charge in [-0.3, -0.25) is 14.5 Å². The number of imidazole rings is 1. The van der Waals surface area contributed by atoms with Crippen molar-refractivity contribution in [1.82, 2.24) is 19.8 Å². The number of ether oxygens (including phenoxy) is 1. The maximum Gasteiger partial charge on any atom is 0.307 e. The van der Waals surface area contributed by atoms with E-state index in [1.54, 1.807) is 6.33 Å². The van der Waals surface area contributed by atoms with Crippen LogP contribution in [0.3, 0.4) is 0 Å². The molecule has 1 saturated heterocycles. The van der Waals surface area contributed by atoms with Crippen LogP contribution in [-0.2, 0) is 28.0 Å². The first-order valence-electron chi connectivity index (χ1n) is 14.0. The Hall–Kier alpha value is -3.94. The lowest BCUT2D eigenvalue weighted by atomic mass is 9.68. The van der Waals surface area contributed by atoms with Gasteiger partial charge in [-0.25, -0.2) is 4.98 Å². The number of benzene rings is 3. The number of hydrogen-bond donors (Lipinski definition) is 1. The number of carbonyl (C=O) groups excluding carboxylic acids is 2. The fraction of sp³-hybridized carbons (Fsp3) is 0.303. The van der Waals surface area contributed by atoms with Crippen LogP contribution in [0.2, 0.25) is 5.02 Å². The van der Waals surface area contributed by atoms with Crippen molar-refractivity contribution in [2.24, 2.45) is 0 Å². The van der Waals surface area contributed by atoms with Crippen LogP contribution in [0, 0.1) is 0 Å². The molecule has 1 aliphatic rings. The first-order valence-corrected chi connectivity index (χ1v) is 14.3. The third-order valence-electron chi connectivity index (χ3n) is 7.97. The summed E-state index contributed by atoms with van der Waals surface area (Å²) < 4.78 is 6.58. The molecule has 0 radical (unpaired) electrons. The number of halogens is 1. The van der Waals surface area contributed by atoms with E-state index < -0.39 is 0 Å². The van der Waals surface area contributed by atoms with E-state index in [0.29, 0.717) is 23.8 Å². The third-order valence-corrected chi connectivity index (χ3v) is 8.22. The van der Waals surface area contributed by atoms with Gasteiger partial charge in [0.1, 0.15) is 5.69 Å². The topological polar surface area (TPSA) is 76.5 Å². The van der Waals surface area contributed by atoms with Gasteiger partial charge >= 0.3 is 5.97 Å². The molecule has 41 heavy (non-hydrogen) atoms. The number of hydrogen-bond acceptors (Lipinski definition) is 5. The zero-order chi connectivity index (χ0) is 28.7. The van der Waals surface area contributed by atoms with Crippen LogP contribution in [0.4, 0.5) is 0 Å². The van der Waals surface area contributed by atoms with E-state index in [2.05, 4.69) is 70.9 Å². The fourth-order valence-corrected chi connectivity index (χ4v) is 5.86. The Labute approximate surface area is 246 Å². The van der Waals surface area contributed by atoms with Gasteiger partial charge in [-0.05, 0) is 54.8 Å². The molecule has 1 amide bonds. The van der Waals surface area contributed by atoms with E-state index in [9.17, 15) is 9.59 Å². The molecule has 3 aromatic carbocycles. The molecule has 212 valence electrons. The molecular weight excluding hydrogens is 536 g/mol. The van der Waals surface area contributed by atoms with Crippen LogP contribution in [0.25, 0.3) is 0 Å². The highest BCUT2D eigenvalue weighted by Gasteiger charge is 2.38. The second-order valence-corrected chi connectivity index (χ2v) is 10.9. The number of carbonyl (C=O) groups is 2. The summed E-state index contributed by atoms with van der Waals surface area (Å²) in [6.07, 6.45) is 3.76. The molecule has 1 aliphatic heterocycles. The second-order valence-electron chi connectivity index (χ2n) is 10.5. The molecule has 2 heterocycles. The van der Waals surface area contributed by atoms with Crippen molar-refractivity contribution < 1.29 is 14.3 Å². The molecule has 0 unspecified atom stereocenters. The van der Waals surface area contributed by atoms with Crippen molar-refractivity contribution in [3.63, 3.8) is 0 Å². The summed E-state index contributed by atoms with van der Waals surface area (Å²) in [5.41, 5.74) is 4.86. The van der Waals surface area contributed by atoms with Gasteiger partial charge in [-0.1, -0.05) is 84.4 Å². The maximum absolute atomic E-state index is 13.4. The van der Waals surface area contributed by atoms with Crippen molar-refractivity contribution in [3.8, 4) is 0 Å². The Morgan fingerprint density at radius 2 is 1.51 bits per heavy atom. The number of nitrogens with one attached hydrogen (secondary N) is 1. The molecule has 1 fully saturated rings. The van der Waals surface area contributed by atoms with E-state index >= 15 is 0 Å². The number of likely N-dealkylation sites (tertiary alicyclic amines) is 1. The molecule has 0 spiro atoms. The highest BCUT2D eigenvalue weighted by atomic mass is 35.5. The van der Waals surface area contributed by atoms with E-state index in [0.717, 1.165) is 37.2 Å². The van der Waals surface area contributed by atoms with Crippen molar-refractivity contribution in [2.75, 3.05) is 26.7 Å². The summed E-state index contributed by atoms with van der Waals surface area (Å²) >= 11 is 6.08. The number of piperidine rings is 1. The van der Waals surface area contributed by atoms with E-state index in [4.69, 9.17) is 21.3 Å². The maximum atomic E-state index is 13.4. The molecule has 1 N–H and O–H groups in total. The van der Waals surface area contributed by atoms with Crippen molar-refractivity contribution >= 4 is 23.5 Å². The summed E-state index contributed by atoms with van der Waals surface area (Å²) in [4.78, 5) is 32.1. The Balaban J connectivity index is 1.35. The predicted molar refractivity (Wildman–Crippen MR) is 160 cm³/mol. The number of aromatic nitrogens is 2. The Kier molecular flexibility index (Phi) is 9.17. The minimum absolute atomic E-state index is 0.0545. The summed E-state index contributed by atoms with van der Waals surface area (Å²) in [6.45, 7) is 2.98. The molecule has 0 aliphatic carbocycles. The van der Waals surface area contributed by atoms with Crippen molar-refractivity contribution in [1.29, 1.82) is 0 Å². The smallest absolute Gasteiger partial charge is 0.307 e. The first-order chi connectivity index (χ1) is 20.0. The Bertz CT molecular complexity index is 1410. The number of rotatable bonds is 10. The van der Waals surface area contributed by atoms with Gasteiger partial charge in [0.2, 0.25) is 0 Å². The largest absolute Gasteiger partial charge is 0.469 e. The van der Waals surface area contributed by atoms with Crippen LogP contribution in [0.15, 0.2) is 91.3 Å². The van der Waals surface area contributed by atoms with Crippen LogP contribution in [0.5, 0.6) is 0 Å². The van der Waals surface area contributed by atoms with E-state index in [-0.39, 0.29) is 30.3 Å². The zero-order valence-electron chi connectivity index (χ0n) is 23.3. The monoisotopic (exact) mass is 570 g/mol. The van der Waals surface area contributed by atoms with Crippen LogP contribution in [-0.4, -0.2) is 53.1 Å². The molecule has 0 bridgehead atoms. The highest BCUT2D eigenvalue weighted by Crippen LogP contribution is 2.42. The SMILES string of the molecule is COC(=O)CCNC(=O)c1c(CN2CCC(c3ccccc3)(c3ccccc3)CC2)ncn1Cc1ccc(Cl)cc1. The molecule has 8 heteroatoms. The summed E-state index contributed by atoms with van der Waals surface area (Å²) in [7, 11) is 1.34. The predicted octanol–water partition coefficient (Wildman–Crippen LogP) is 5.46. The molecule has 5 rings (SSSR count). The second kappa shape index (κ2) is 13.1. The van der Waals surface area contributed by atoms with Gasteiger partial charge in [-0.15, -0.1) is 0 Å². The fourth-order valence-electron chi connectivity index (χ4n) is 5.73. The normalized spacial score (nSPS) is 14.9. The third kappa shape index (κ3) is 6.69. The average molecular weight is 571 g/mol. The number of nitrogens with zero attached hydrogens (tertiary/aromatic N) is 3. The Morgan fingerprint density at radius 3 is 2.10 bits per heavy atom. The van der Waals surface area contributed by atoms with Crippen molar-refractivity contribution in [3.05, 3.63) is 124 Å². The minimum atomic E-state index is -0.367. The standard InChI is InChI=1S/C33H35ClN4O3/c1-41-30(39)16-19-35-32(40)31-29(36-24-38(31)22-25-12-14-28(34)15-13-25)23-37-20-17-33(18-21-37,26-8-4-2-5-9-26)27-10-6-3-7-11-27/h2-15,24H,16-23H2,1H3,(H,35,40). The average Bonchev–Trinajstić information content (AvgIpc) is 3.41. The van der Waals surface area contributed by atoms with Gasteiger partial charge < -0.3 is 14.6 Å².